The highest BCUT2D eigenvalue weighted by Gasteiger charge is 2.29. The average Bonchev–Trinajstić information content (AvgIpc) is 3.01. The van der Waals surface area contributed by atoms with Crippen LogP contribution in [0, 0.1) is 0 Å². The van der Waals surface area contributed by atoms with E-state index in [2.05, 4.69) is 16.4 Å². The number of rotatable bonds is 5. The number of aliphatic imine (C=N–C) groups is 1. The highest BCUT2D eigenvalue weighted by molar-refractivity contribution is 14.0. The molecule has 144 valence electrons. The lowest BCUT2D eigenvalue weighted by Crippen LogP contribution is -2.43. The van der Waals surface area contributed by atoms with Crippen molar-refractivity contribution in [2.45, 2.75) is 31.9 Å². The Kier molecular flexibility index (Phi) is 7.72. The quantitative estimate of drug-likeness (QED) is 0.397. The van der Waals surface area contributed by atoms with E-state index in [0.29, 0.717) is 39.1 Å². The van der Waals surface area contributed by atoms with E-state index in [1.165, 1.54) is 0 Å². The number of halogens is 1. The van der Waals surface area contributed by atoms with Crippen LogP contribution in [0.15, 0.2) is 39.7 Å². The number of benzene rings is 1. The molecule has 2 N–H and O–H groups in total. The van der Waals surface area contributed by atoms with Crippen LogP contribution in [0.5, 0.6) is 0 Å². The van der Waals surface area contributed by atoms with E-state index in [-0.39, 0.29) is 24.0 Å². The predicted molar refractivity (Wildman–Crippen MR) is 114 cm³/mol. The van der Waals surface area contributed by atoms with Crippen molar-refractivity contribution in [3.05, 3.63) is 36.1 Å². The third kappa shape index (κ3) is 5.34. The van der Waals surface area contributed by atoms with E-state index >= 15 is 0 Å². The third-order valence-corrected chi connectivity index (χ3v) is 4.51. The Hall–Kier alpha value is -1.32. The standard InChI is InChI=1S/C19H27N3O3.HI/c1-3-20-18(21-14-19(23)8-10-24-11-9-19)22(2)13-16-12-15-6-4-5-7-17(15)25-16;/h4-7,12,23H,3,8-11,13-14H2,1-2H3,(H,20,21);1H. The molecule has 0 amide bonds. The highest BCUT2D eigenvalue weighted by atomic mass is 127. The molecule has 1 aliphatic heterocycles. The van der Waals surface area contributed by atoms with E-state index < -0.39 is 5.60 Å². The predicted octanol–water partition coefficient (Wildman–Crippen LogP) is 2.99. The minimum absolute atomic E-state index is 0. The second kappa shape index (κ2) is 9.57. The fourth-order valence-electron chi connectivity index (χ4n) is 3.02. The lowest BCUT2D eigenvalue weighted by Gasteiger charge is -2.31. The normalized spacial score (nSPS) is 17.0. The van der Waals surface area contributed by atoms with Crippen LogP contribution in [0.25, 0.3) is 11.0 Å². The van der Waals surface area contributed by atoms with Crippen molar-refractivity contribution in [3.63, 3.8) is 0 Å². The van der Waals surface area contributed by atoms with Crippen molar-refractivity contribution in [3.8, 4) is 0 Å². The summed E-state index contributed by atoms with van der Waals surface area (Å²) in [5.74, 6) is 1.65. The number of para-hydroxylation sites is 1. The lowest BCUT2D eigenvalue weighted by atomic mass is 9.95. The maximum atomic E-state index is 10.6. The van der Waals surface area contributed by atoms with Crippen LogP contribution in [0.4, 0.5) is 0 Å². The molecule has 2 aromatic rings. The minimum atomic E-state index is -0.765. The molecule has 0 radical (unpaired) electrons. The zero-order chi connectivity index (χ0) is 17.7. The number of nitrogens with zero attached hydrogens (tertiary/aromatic N) is 2. The number of fused-ring (bicyclic) bond motifs is 1. The zero-order valence-corrected chi connectivity index (χ0v) is 17.7. The highest BCUT2D eigenvalue weighted by Crippen LogP contribution is 2.21. The fraction of sp³-hybridized carbons (Fsp3) is 0.526. The summed E-state index contributed by atoms with van der Waals surface area (Å²) in [5.41, 5.74) is 0.128. The molecule has 1 aliphatic rings. The molecular formula is C19H28IN3O3. The first-order valence-corrected chi connectivity index (χ1v) is 8.87. The number of ether oxygens (including phenoxy) is 1. The molecule has 1 aromatic heterocycles. The number of furan rings is 1. The average molecular weight is 473 g/mol. The van der Waals surface area contributed by atoms with Gasteiger partial charge in [-0.1, -0.05) is 18.2 Å². The van der Waals surface area contributed by atoms with Gasteiger partial charge in [0.25, 0.3) is 0 Å². The van der Waals surface area contributed by atoms with Crippen molar-refractivity contribution in [2.75, 3.05) is 33.4 Å². The molecule has 3 rings (SSSR count). The topological polar surface area (TPSA) is 70.2 Å². The Labute approximate surface area is 171 Å². The van der Waals surface area contributed by atoms with Crippen molar-refractivity contribution < 1.29 is 14.3 Å². The van der Waals surface area contributed by atoms with E-state index in [0.717, 1.165) is 29.2 Å². The first-order chi connectivity index (χ1) is 12.1. The van der Waals surface area contributed by atoms with Crippen molar-refractivity contribution in [1.29, 1.82) is 0 Å². The first kappa shape index (κ1) is 21.0. The first-order valence-electron chi connectivity index (χ1n) is 8.87. The molecular weight excluding hydrogens is 445 g/mol. The molecule has 0 atom stereocenters. The van der Waals surface area contributed by atoms with E-state index in [1.807, 2.05) is 43.1 Å². The molecule has 1 aromatic carbocycles. The number of guanidine groups is 1. The van der Waals surface area contributed by atoms with Crippen LogP contribution in [-0.4, -0.2) is 54.9 Å². The van der Waals surface area contributed by atoms with Gasteiger partial charge in [-0.2, -0.15) is 0 Å². The van der Waals surface area contributed by atoms with Crippen LogP contribution < -0.4 is 5.32 Å². The fourth-order valence-corrected chi connectivity index (χ4v) is 3.02. The molecule has 0 bridgehead atoms. The van der Waals surface area contributed by atoms with Gasteiger partial charge in [-0.05, 0) is 19.1 Å². The lowest BCUT2D eigenvalue weighted by molar-refractivity contribution is -0.0566. The van der Waals surface area contributed by atoms with Crippen LogP contribution in [0.1, 0.15) is 25.5 Å². The van der Waals surface area contributed by atoms with E-state index in [1.54, 1.807) is 0 Å². The number of nitrogens with one attached hydrogen (secondary N) is 1. The molecule has 1 fully saturated rings. The van der Waals surface area contributed by atoms with Gasteiger partial charge in [0.2, 0.25) is 0 Å². The van der Waals surface area contributed by atoms with Gasteiger partial charge in [0.15, 0.2) is 5.96 Å². The van der Waals surface area contributed by atoms with Crippen molar-refractivity contribution in [2.24, 2.45) is 4.99 Å². The summed E-state index contributed by atoms with van der Waals surface area (Å²) < 4.78 is 11.2. The zero-order valence-electron chi connectivity index (χ0n) is 15.4. The molecule has 0 spiro atoms. The second-order valence-electron chi connectivity index (χ2n) is 6.61. The largest absolute Gasteiger partial charge is 0.459 e. The van der Waals surface area contributed by atoms with Gasteiger partial charge in [-0.15, -0.1) is 24.0 Å². The van der Waals surface area contributed by atoms with E-state index in [4.69, 9.17) is 9.15 Å². The van der Waals surface area contributed by atoms with Gasteiger partial charge in [0, 0.05) is 45.0 Å². The third-order valence-electron chi connectivity index (χ3n) is 4.51. The summed E-state index contributed by atoms with van der Waals surface area (Å²) in [7, 11) is 1.97. The van der Waals surface area contributed by atoms with Gasteiger partial charge >= 0.3 is 0 Å². The summed E-state index contributed by atoms with van der Waals surface area (Å²) in [6.45, 7) is 4.98. The molecule has 26 heavy (non-hydrogen) atoms. The summed E-state index contributed by atoms with van der Waals surface area (Å²) in [6.07, 6.45) is 1.26. The smallest absolute Gasteiger partial charge is 0.194 e. The van der Waals surface area contributed by atoms with Gasteiger partial charge in [-0.25, -0.2) is 0 Å². The van der Waals surface area contributed by atoms with Crippen LogP contribution in [0.2, 0.25) is 0 Å². The van der Waals surface area contributed by atoms with Crippen LogP contribution in [0.3, 0.4) is 0 Å². The second-order valence-corrected chi connectivity index (χ2v) is 6.61. The molecule has 2 heterocycles. The molecule has 1 saturated heterocycles. The molecule has 6 nitrogen and oxygen atoms in total. The molecule has 0 unspecified atom stereocenters. The Morgan fingerprint density at radius 2 is 2.04 bits per heavy atom. The summed E-state index contributed by atoms with van der Waals surface area (Å²) in [6, 6.07) is 10.0. The number of aliphatic hydroxyl groups is 1. The van der Waals surface area contributed by atoms with Crippen molar-refractivity contribution >= 4 is 40.9 Å². The van der Waals surface area contributed by atoms with Crippen LogP contribution in [-0.2, 0) is 11.3 Å². The molecule has 0 saturated carbocycles. The molecule has 0 aliphatic carbocycles. The maximum Gasteiger partial charge on any atom is 0.194 e. The molecule has 7 heteroatoms. The Morgan fingerprint density at radius 3 is 2.73 bits per heavy atom. The van der Waals surface area contributed by atoms with Crippen LogP contribution >= 0.6 is 24.0 Å². The summed E-state index contributed by atoms with van der Waals surface area (Å²) in [4.78, 5) is 6.66. The monoisotopic (exact) mass is 473 g/mol. The van der Waals surface area contributed by atoms with Gasteiger partial charge in [0.05, 0.1) is 18.7 Å². The van der Waals surface area contributed by atoms with Gasteiger partial charge in [-0.3, -0.25) is 4.99 Å². The van der Waals surface area contributed by atoms with Crippen molar-refractivity contribution in [1.82, 2.24) is 10.2 Å². The summed E-state index contributed by atoms with van der Waals surface area (Å²) >= 11 is 0. The van der Waals surface area contributed by atoms with Gasteiger partial charge < -0.3 is 24.5 Å². The number of hydrogen-bond donors (Lipinski definition) is 2. The Morgan fingerprint density at radius 1 is 1.31 bits per heavy atom. The maximum absolute atomic E-state index is 10.6. The minimum Gasteiger partial charge on any atom is -0.459 e. The van der Waals surface area contributed by atoms with E-state index in [9.17, 15) is 5.11 Å². The Balaban J connectivity index is 0.00000243. The SMILES string of the molecule is CCNC(=NCC1(O)CCOCC1)N(C)Cc1cc2ccccc2o1.I. The summed E-state index contributed by atoms with van der Waals surface area (Å²) in [5, 5.41) is 15.0. The van der Waals surface area contributed by atoms with Gasteiger partial charge in [0.1, 0.15) is 11.3 Å². The Bertz CT molecular complexity index is 693. The number of hydrogen-bond acceptors (Lipinski definition) is 4.